The summed E-state index contributed by atoms with van der Waals surface area (Å²) >= 11 is 0. The van der Waals surface area contributed by atoms with Crippen LogP contribution in [0, 0.1) is 5.92 Å². The first-order valence-electron chi connectivity index (χ1n) is 44.0. The highest BCUT2D eigenvalue weighted by atomic mass is 31.2. The van der Waals surface area contributed by atoms with Gasteiger partial charge in [-0.3, -0.25) is 37.3 Å². The maximum atomic E-state index is 13.1. The van der Waals surface area contributed by atoms with Gasteiger partial charge in [-0.15, -0.1) is 0 Å². The first kappa shape index (κ1) is 103. The third-order valence-electron chi connectivity index (χ3n) is 19.7. The second-order valence-corrected chi connectivity index (χ2v) is 33.6. The molecule has 0 bridgehead atoms. The minimum atomic E-state index is -4.97. The van der Waals surface area contributed by atoms with Crippen molar-refractivity contribution in [3.63, 3.8) is 0 Å². The third kappa shape index (κ3) is 79.4. The molecule has 19 heteroatoms. The molecule has 0 spiro atoms. The summed E-state index contributed by atoms with van der Waals surface area (Å²) in [7, 11) is -9.93. The van der Waals surface area contributed by atoms with Gasteiger partial charge in [-0.1, -0.05) is 386 Å². The van der Waals surface area contributed by atoms with Crippen molar-refractivity contribution in [2.75, 3.05) is 39.6 Å². The van der Waals surface area contributed by atoms with Crippen LogP contribution in [-0.2, 0) is 65.4 Å². The molecule has 0 radical (unpaired) electrons. The highest BCUT2D eigenvalue weighted by Crippen LogP contribution is 2.45. The first-order chi connectivity index (χ1) is 51.0. The molecule has 3 N–H and O–H groups in total. The molecule has 2 unspecified atom stereocenters. The van der Waals surface area contributed by atoms with Crippen LogP contribution in [0.2, 0.25) is 0 Å². The minimum absolute atomic E-state index is 0.0853. The van der Waals surface area contributed by atoms with Gasteiger partial charge in [0.05, 0.1) is 26.4 Å². The lowest BCUT2D eigenvalue weighted by Crippen LogP contribution is -2.30. The summed E-state index contributed by atoms with van der Waals surface area (Å²) in [6.07, 6.45) is 74.6. The standard InChI is InChI=1S/C86H164O17P2/c1-6-9-12-15-18-21-23-25-27-28-29-30-31-35-39-42-46-50-55-60-65-70-84(89)97-76-82(103-86(91)72-67-62-57-52-48-44-40-36-33-32-34-38-41-45-49-53-58-63-68-79(4)5)78-101-105(94,95)99-74-80(87)73-98-104(92,93)100-77-81(75-96-83(88)69-64-59-54-20-17-14-11-8-3)102-85(90)71-66-61-56-51-47-43-37-26-24-22-19-16-13-10-7-2/h22,24,26,37,79-82,87H,6-21,23,25,27-36,38-78H2,1-5H3,(H,92,93)(H,94,95)/b24-22-,37-26-/t80-,81+,82+/m0/s1. The van der Waals surface area contributed by atoms with E-state index in [2.05, 4.69) is 58.9 Å². The predicted molar refractivity (Wildman–Crippen MR) is 432 cm³/mol. The number of hydrogen-bond donors (Lipinski definition) is 3. The lowest BCUT2D eigenvalue weighted by atomic mass is 10.0. The van der Waals surface area contributed by atoms with Gasteiger partial charge in [0.1, 0.15) is 19.3 Å². The second-order valence-electron chi connectivity index (χ2n) is 30.7. The van der Waals surface area contributed by atoms with Crippen LogP contribution in [0.15, 0.2) is 24.3 Å². The van der Waals surface area contributed by atoms with Crippen LogP contribution < -0.4 is 0 Å². The number of ether oxygens (including phenoxy) is 4. The van der Waals surface area contributed by atoms with Gasteiger partial charge in [0.25, 0.3) is 0 Å². The van der Waals surface area contributed by atoms with E-state index in [1.54, 1.807) is 0 Å². The largest absolute Gasteiger partial charge is 0.472 e. The monoisotopic (exact) mass is 1530 g/mol. The van der Waals surface area contributed by atoms with E-state index in [1.807, 2.05) is 0 Å². The van der Waals surface area contributed by atoms with Crippen molar-refractivity contribution in [2.45, 2.75) is 457 Å². The molecule has 0 aromatic heterocycles. The van der Waals surface area contributed by atoms with Crippen molar-refractivity contribution < 1.29 is 80.2 Å². The molecule has 0 saturated heterocycles. The van der Waals surface area contributed by atoms with Crippen LogP contribution >= 0.6 is 15.6 Å². The van der Waals surface area contributed by atoms with Crippen LogP contribution in [0.4, 0.5) is 0 Å². The molecule has 0 aromatic rings. The molecule has 0 saturated carbocycles. The van der Waals surface area contributed by atoms with E-state index < -0.39 is 97.5 Å². The Morgan fingerprint density at radius 2 is 0.514 bits per heavy atom. The zero-order chi connectivity index (χ0) is 76.9. The highest BCUT2D eigenvalue weighted by Gasteiger charge is 2.30. The topological polar surface area (TPSA) is 237 Å². The van der Waals surface area contributed by atoms with Crippen molar-refractivity contribution in [1.29, 1.82) is 0 Å². The van der Waals surface area contributed by atoms with E-state index in [4.69, 9.17) is 37.0 Å². The number of aliphatic hydroxyl groups is 1. The number of hydrogen-bond acceptors (Lipinski definition) is 15. The molecule has 17 nitrogen and oxygen atoms in total. The van der Waals surface area contributed by atoms with E-state index in [1.165, 1.54) is 244 Å². The zero-order valence-electron chi connectivity index (χ0n) is 68.4. The summed E-state index contributed by atoms with van der Waals surface area (Å²) in [5, 5.41) is 10.7. The lowest BCUT2D eigenvalue weighted by molar-refractivity contribution is -0.161. The Bertz CT molecular complexity index is 2090. The minimum Gasteiger partial charge on any atom is -0.462 e. The van der Waals surface area contributed by atoms with E-state index >= 15 is 0 Å². The molecule has 0 amide bonds. The van der Waals surface area contributed by atoms with E-state index in [-0.39, 0.29) is 25.7 Å². The number of carbonyl (C=O) groups is 4. The summed E-state index contributed by atoms with van der Waals surface area (Å²) in [6, 6.07) is 0. The van der Waals surface area contributed by atoms with Crippen molar-refractivity contribution in [1.82, 2.24) is 0 Å². The molecule has 0 heterocycles. The third-order valence-corrected chi connectivity index (χ3v) is 21.6. The first-order valence-corrected chi connectivity index (χ1v) is 46.9. The fourth-order valence-corrected chi connectivity index (χ4v) is 14.5. The van der Waals surface area contributed by atoms with Gasteiger partial charge < -0.3 is 33.8 Å². The number of phosphoric ester groups is 2. The molecular formula is C86H164O17P2. The summed E-state index contributed by atoms with van der Waals surface area (Å²) in [5.74, 6) is -1.32. The van der Waals surface area contributed by atoms with E-state index in [0.29, 0.717) is 25.7 Å². The van der Waals surface area contributed by atoms with Crippen molar-refractivity contribution in [2.24, 2.45) is 5.92 Å². The molecule has 0 rings (SSSR count). The highest BCUT2D eigenvalue weighted by molar-refractivity contribution is 7.47. The fourth-order valence-electron chi connectivity index (χ4n) is 12.9. The van der Waals surface area contributed by atoms with Crippen LogP contribution in [0.1, 0.15) is 439 Å². The molecule has 105 heavy (non-hydrogen) atoms. The normalized spacial score (nSPS) is 13.9. The number of esters is 4. The maximum absolute atomic E-state index is 13.1. The van der Waals surface area contributed by atoms with Gasteiger partial charge in [-0.25, -0.2) is 9.13 Å². The average Bonchev–Trinajstić information content (AvgIpc) is 0.918. The van der Waals surface area contributed by atoms with Crippen molar-refractivity contribution in [3.05, 3.63) is 24.3 Å². The number of allylic oxidation sites excluding steroid dienone is 4. The Morgan fingerprint density at radius 1 is 0.295 bits per heavy atom. The average molecular weight is 1530 g/mol. The molecule has 0 fully saturated rings. The van der Waals surface area contributed by atoms with Gasteiger partial charge in [-0.05, 0) is 57.3 Å². The Balaban J connectivity index is 5.20. The lowest BCUT2D eigenvalue weighted by Gasteiger charge is -2.21. The maximum Gasteiger partial charge on any atom is 0.472 e. The Morgan fingerprint density at radius 3 is 0.781 bits per heavy atom. The van der Waals surface area contributed by atoms with Gasteiger partial charge in [-0.2, -0.15) is 0 Å². The number of carbonyl (C=O) groups excluding carboxylic acids is 4. The van der Waals surface area contributed by atoms with Crippen LogP contribution in [-0.4, -0.2) is 96.7 Å². The molecule has 0 aromatic carbocycles. The van der Waals surface area contributed by atoms with E-state index in [9.17, 15) is 43.2 Å². The molecular weight excluding hydrogens is 1370 g/mol. The molecule has 0 aliphatic heterocycles. The summed E-state index contributed by atoms with van der Waals surface area (Å²) < 4.78 is 68.7. The summed E-state index contributed by atoms with van der Waals surface area (Å²) in [5.41, 5.74) is 0. The van der Waals surface area contributed by atoms with E-state index in [0.717, 1.165) is 115 Å². The Hall–Kier alpha value is -2.46. The number of phosphoric acid groups is 2. The zero-order valence-corrected chi connectivity index (χ0v) is 70.1. The SMILES string of the molecule is CCCCCC/C=C\C=C/CCCCCCCC(=O)O[C@H](COC(=O)CCCCCCCCCC)COP(=O)(O)OC[C@H](O)COP(=O)(O)OC[C@@H](COC(=O)CCCCCCCCCCCCCCCCCCCCCCC)OC(=O)CCCCCCCCCCCCCCCCCCCCC(C)C. The number of aliphatic hydroxyl groups excluding tert-OH is 1. The summed E-state index contributed by atoms with van der Waals surface area (Å²) in [4.78, 5) is 73.1. The molecule has 620 valence electrons. The van der Waals surface area contributed by atoms with Crippen LogP contribution in [0.3, 0.4) is 0 Å². The van der Waals surface area contributed by atoms with Crippen molar-refractivity contribution in [3.8, 4) is 0 Å². The Kier molecular flexibility index (Phi) is 76.4. The molecule has 5 atom stereocenters. The predicted octanol–water partition coefficient (Wildman–Crippen LogP) is 25.9. The number of unbranched alkanes of at least 4 members (excludes halogenated alkanes) is 53. The Labute approximate surface area is 643 Å². The van der Waals surface area contributed by atoms with Crippen molar-refractivity contribution >= 4 is 39.5 Å². The second kappa shape index (κ2) is 78.2. The fraction of sp³-hybridized carbons (Fsp3) is 0.907. The number of rotatable bonds is 84. The smallest absolute Gasteiger partial charge is 0.462 e. The van der Waals surface area contributed by atoms with Gasteiger partial charge in [0.2, 0.25) is 0 Å². The summed E-state index contributed by atoms with van der Waals surface area (Å²) in [6.45, 7) is 7.29. The van der Waals surface area contributed by atoms with Gasteiger partial charge in [0, 0.05) is 25.7 Å². The quantitative estimate of drug-likeness (QED) is 0.0169. The van der Waals surface area contributed by atoms with Crippen LogP contribution in [0.25, 0.3) is 0 Å². The van der Waals surface area contributed by atoms with Gasteiger partial charge >= 0.3 is 39.5 Å². The molecule has 0 aliphatic rings. The van der Waals surface area contributed by atoms with Crippen LogP contribution in [0.5, 0.6) is 0 Å². The van der Waals surface area contributed by atoms with Gasteiger partial charge in [0.15, 0.2) is 12.2 Å². The molecule has 0 aliphatic carbocycles.